The highest BCUT2D eigenvalue weighted by atomic mass is 35.5. The molecule has 96 valence electrons. The minimum atomic E-state index is 0.514. The zero-order valence-corrected chi connectivity index (χ0v) is 12.2. The second kappa shape index (κ2) is 4.63. The van der Waals surface area contributed by atoms with Crippen LogP contribution in [0.4, 0.5) is 0 Å². The number of carbonyl (C=O) groups is 1. The van der Waals surface area contributed by atoms with Crippen LogP contribution in [0.1, 0.15) is 15.4 Å². The van der Waals surface area contributed by atoms with Gasteiger partial charge in [-0.25, -0.2) is 4.98 Å². The van der Waals surface area contributed by atoms with Gasteiger partial charge in [-0.2, -0.15) is 0 Å². The van der Waals surface area contributed by atoms with Gasteiger partial charge in [-0.3, -0.25) is 9.20 Å². The maximum absolute atomic E-state index is 11.1. The van der Waals surface area contributed by atoms with Gasteiger partial charge in [0, 0.05) is 15.5 Å². The second-order valence-electron chi connectivity index (χ2n) is 4.05. The molecule has 2 aromatic heterocycles. The summed E-state index contributed by atoms with van der Waals surface area (Å²) in [6, 6.07) is 5.33. The predicted octanol–water partition coefficient (Wildman–Crippen LogP) is 4.49. The van der Waals surface area contributed by atoms with Crippen molar-refractivity contribution in [3.05, 3.63) is 45.0 Å². The Hall–Kier alpha value is -1.36. The van der Waals surface area contributed by atoms with Crippen LogP contribution in [0.15, 0.2) is 24.4 Å². The van der Waals surface area contributed by atoms with Crippen molar-refractivity contribution in [3.8, 4) is 11.3 Å². The minimum absolute atomic E-state index is 0.514. The highest BCUT2D eigenvalue weighted by molar-refractivity contribution is 7.17. The summed E-state index contributed by atoms with van der Waals surface area (Å²) >= 11 is 13.7. The largest absolute Gasteiger partial charge is 0.296 e. The van der Waals surface area contributed by atoms with Crippen molar-refractivity contribution in [2.24, 2.45) is 0 Å². The lowest BCUT2D eigenvalue weighted by Crippen LogP contribution is -1.93. The molecule has 0 bridgehead atoms. The standard InChI is InChI=1S/C13H8Cl2N2OS/c1-7-12(10-3-2-8(14)4-11(10)15)17-9(6-18)5-16-13(17)19-7/h2-6H,1H3. The zero-order chi connectivity index (χ0) is 13.6. The quantitative estimate of drug-likeness (QED) is 0.653. The van der Waals surface area contributed by atoms with Gasteiger partial charge in [0.25, 0.3) is 0 Å². The molecular formula is C13H8Cl2N2OS. The molecule has 6 heteroatoms. The molecule has 0 saturated carbocycles. The van der Waals surface area contributed by atoms with E-state index >= 15 is 0 Å². The number of hydrogen-bond donors (Lipinski definition) is 0. The van der Waals surface area contributed by atoms with Crippen molar-refractivity contribution < 1.29 is 4.79 Å². The predicted molar refractivity (Wildman–Crippen MR) is 78.6 cm³/mol. The maximum Gasteiger partial charge on any atom is 0.194 e. The summed E-state index contributed by atoms with van der Waals surface area (Å²) in [6.07, 6.45) is 2.35. The number of aryl methyl sites for hydroxylation is 1. The molecule has 0 unspecified atom stereocenters. The fourth-order valence-corrected chi connectivity index (χ4v) is 3.52. The molecule has 0 N–H and O–H groups in total. The Morgan fingerprint density at radius 2 is 2.16 bits per heavy atom. The summed E-state index contributed by atoms with van der Waals surface area (Å²) in [7, 11) is 0. The van der Waals surface area contributed by atoms with E-state index in [0.29, 0.717) is 15.7 Å². The molecule has 0 atom stereocenters. The molecule has 3 aromatic rings. The number of fused-ring (bicyclic) bond motifs is 1. The fraction of sp³-hybridized carbons (Fsp3) is 0.0769. The van der Waals surface area contributed by atoms with Gasteiger partial charge in [0.2, 0.25) is 0 Å². The summed E-state index contributed by atoms with van der Waals surface area (Å²) in [4.78, 5) is 17.2. The van der Waals surface area contributed by atoms with Gasteiger partial charge in [0.1, 0.15) is 5.69 Å². The van der Waals surface area contributed by atoms with Crippen LogP contribution < -0.4 is 0 Å². The number of thiazole rings is 1. The molecular weight excluding hydrogens is 303 g/mol. The zero-order valence-electron chi connectivity index (χ0n) is 9.85. The number of imidazole rings is 1. The molecule has 3 rings (SSSR count). The Kier molecular flexibility index (Phi) is 3.09. The number of aldehydes is 1. The minimum Gasteiger partial charge on any atom is -0.296 e. The molecule has 19 heavy (non-hydrogen) atoms. The van der Waals surface area contributed by atoms with Crippen LogP contribution in [0, 0.1) is 6.92 Å². The highest BCUT2D eigenvalue weighted by Crippen LogP contribution is 2.36. The molecule has 3 nitrogen and oxygen atoms in total. The highest BCUT2D eigenvalue weighted by Gasteiger charge is 2.17. The molecule has 0 amide bonds. The van der Waals surface area contributed by atoms with Gasteiger partial charge in [-0.15, -0.1) is 11.3 Å². The van der Waals surface area contributed by atoms with Crippen LogP contribution in [0.3, 0.4) is 0 Å². The first kappa shape index (κ1) is 12.7. The van der Waals surface area contributed by atoms with Gasteiger partial charge in [-0.05, 0) is 25.1 Å². The average molecular weight is 311 g/mol. The topological polar surface area (TPSA) is 34.4 Å². The van der Waals surface area contributed by atoms with Crippen LogP contribution in [0.2, 0.25) is 10.0 Å². The Morgan fingerprint density at radius 3 is 2.84 bits per heavy atom. The molecule has 2 heterocycles. The first-order valence-corrected chi connectivity index (χ1v) is 7.06. The van der Waals surface area contributed by atoms with Crippen LogP contribution in [0.5, 0.6) is 0 Å². The van der Waals surface area contributed by atoms with Crippen LogP contribution in [0.25, 0.3) is 16.2 Å². The smallest absolute Gasteiger partial charge is 0.194 e. The summed E-state index contributed by atoms with van der Waals surface area (Å²) in [6.45, 7) is 1.98. The number of nitrogens with zero attached hydrogens (tertiary/aromatic N) is 2. The van der Waals surface area contributed by atoms with E-state index in [1.165, 1.54) is 11.3 Å². The lowest BCUT2D eigenvalue weighted by Gasteiger charge is -2.06. The monoisotopic (exact) mass is 310 g/mol. The van der Waals surface area contributed by atoms with Crippen molar-refractivity contribution in [1.82, 2.24) is 9.38 Å². The molecule has 0 aliphatic rings. The molecule has 0 fully saturated rings. The van der Waals surface area contributed by atoms with E-state index in [9.17, 15) is 4.79 Å². The normalized spacial score (nSPS) is 11.1. The van der Waals surface area contributed by atoms with Crippen LogP contribution in [-0.2, 0) is 0 Å². The first-order chi connectivity index (χ1) is 9.11. The second-order valence-corrected chi connectivity index (χ2v) is 6.08. The van der Waals surface area contributed by atoms with E-state index in [0.717, 1.165) is 27.4 Å². The van der Waals surface area contributed by atoms with Crippen molar-refractivity contribution >= 4 is 45.8 Å². The van der Waals surface area contributed by atoms with Crippen LogP contribution >= 0.6 is 34.5 Å². The number of rotatable bonds is 2. The van der Waals surface area contributed by atoms with Crippen molar-refractivity contribution in [2.75, 3.05) is 0 Å². The van der Waals surface area contributed by atoms with E-state index in [-0.39, 0.29) is 0 Å². The van der Waals surface area contributed by atoms with Crippen molar-refractivity contribution in [2.45, 2.75) is 6.92 Å². The Morgan fingerprint density at radius 1 is 1.37 bits per heavy atom. The molecule has 1 aromatic carbocycles. The van der Waals surface area contributed by atoms with Gasteiger partial charge >= 0.3 is 0 Å². The van der Waals surface area contributed by atoms with Crippen molar-refractivity contribution in [1.29, 1.82) is 0 Å². The Bertz CT molecular complexity index is 791. The summed E-state index contributed by atoms with van der Waals surface area (Å²) in [5, 5.41) is 1.14. The lowest BCUT2D eigenvalue weighted by atomic mass is 10.1. The van der Waals surface area contributed by atoms with Gasteiger partial charge in [0.05, 0.1) is 16.9 Å². The third-order valence-corrected chi connectivity index (χ3v) is 4.38. The molecule has 0 spiro atoms. The van der Waals surface area contributed by atoms with E-state index < -0.39 is 0 Å². The van der Waals surface area contributed by atoms with E-state index in [1.54, 1.807) is 18.3 Å². The maximum atomic E-state index is 11.1. The third kappa shape index (κ3) is 1.96. The molecule has 0 saturated heterocycles. The van der Waals surface area contributed by atoms with E-state index in [4.69, 9.17) is 23.2 Å². The number of halogens is 2. The third-order valence-electron chi connectivity index (χ3n) is 2.87. The Balaban J connectivity index is 2.37. The fourth-order valence-electron chi connectivity index (χ4n) is 2.06. The summed E-state index contributed by atoms with van der Waals surface area (Å²) in [5.74, 6) is 0. The van der Waals surface area contributed by atoms with Crippen LogP contribution in [-0.4, -0.2) is 15.7 Å². The Labute approximate surface area is 123 Å². The first-order valence-electron chi connectivity index (χ1n) is 5.49. The number of aromatic nitrogens is 2. The average Bonchev–Trinajstić information content (AvgIpc) is 2.88. The SMILES string of the molecule is Cc1sc2ncc(C=O)n2c1-c1ccc(Cl)cc1Cl. The number of hydrogen-bond acceptors (Lipinski definition) is 3. The van der Waals surface area contributed by atoms with E-state index in [2.05, 4.69) is 4.98 Å². The van der Waals surface area contributed by atoms with Gasteiger partial charge in [0.15, 0.2) is 11.2 Å². The van der Waals surface area contributed by atoms with E-state index in [1.807, 2.05) is 17.4 Å². The molecule has 0 radical (unpaired) electrons. The lowest BCUT2D eigenvalue weighted by molar-refractivity contribution is 0.111. The number of carbonyl (C=O) groups excluding carboxylic acids is 1. The van der Waals surface area contributed by atoms with Gasteiger partial charge < -0.3 is 0 Å². The summed E-state index contributed by atoms with van der Waals surface area (Å²) < 4.78 is 1.82. The molecule has 0 aliphatic heterocycles. The summed E-state index contributed by atoms with van der Waals surface area (Å²) in [5.41, 5.74) is 2.25. The van der Waals surface area contributed by atoms with Crippen molar-refractivity contribution in [3.63, 3.8) is 0 Å². The van der Waals surface area contributed by atoms with Gasteiger partial charge in [-0.1, -0.05) is 23.2 Å². The molecule has 0 aliphatic carbocycles. The number of benzene rings is 1.